The highest BCUT2D eigenvalue weighted by molar-refractivity contribution is 5.74. The van der Waals surface area contributed by atoms with Crippen molar-refractivity contribution in [3.05, 3.63) is 30.1 Å². The van der Waals surface area contributed by atoms with E-state index in [4.69, 9.17) is 5.11 Å². The quantitative estimate of drug-likeness (QED) is 0.647. The van der Waals surface area contributed by atoms with Gasteiger partial charge in [-0.25, -0.2) is 4.79 Å². The van der Waals surface area contributed by atoms with Crippen molar-refractivity contribution >= 4 is 6.03 Å². The Bertz CT molecular complexity index is 316. The minimum absolute atomic E-state index is 0.0582. The lowest BCUT2D eigenvalue weighted by Gasteiger charge is -2.14. The summed E-state index contributed by atoms with van der Waals surface area (Å²) in [6.45, 7) is 2.46. The standard InChI is InChI=1S/C11H17N3O2/c1-9(10-3-6-12-7-4-10)14-11(16)13-5-2-8-15/h3-4,6-7,9,15H,2,5,8H2,1H3,(H2,13,14,16). The summed E-state index contributed by atoms with van der Waals surface area (Å²) < 4.78 is 0. The molecule has 88 valence electrons. The van der Waals surface area contributed by atoms with Crippen molar-refractivity contribution < 1.29 is 9.90 Å². The second kappa shape index (κ2) is 6.79. The van der Waals surface area contributed by atoms with Gasteiger partial charge in [0.25, 0.3) is 0 Å². The van der Waals surface area contributed by atoms with Gasteiger partial charge in [0.2, 0.25) is 0 Å². The maximum Gasteiger partial charge on any atom is 0.315 e. The lowest BCUT2D eigenvalue weighted by atomic mass is 10.1. The number of carbonyl (C=O) groups is 1. The van der Waals surface area contributed by atoms with Crippen LogP contribution >= 0.6 is 0 Å². The molecular formula is C11H17N3O2. The van der Waals surface area contributed by atoms with Crippen LogP contribution in [0.3, 0.4) is 0 Å². The van der Waals surface area contributed by atoms with E-state index in [0.29, 0.717) is 13.0 Å². The molecule has 0 radical (unpaired) electrons. The summed E-state index contributed by atoms with van der Waals surface area (Å²) in [5.41, 5.74) is 1.01. The number of hydrogen-bond acceptors (Lipinski definition) is 3. The second-order valence-corrected chi connectivity index (χ2v) is 3.48. The van der Waals surface area contributed by atoms with Crippen LogP contribution in [-0.4, -0.2) is 29.3 Å². The van der Waals surface area contributed by atoms with Crippen molar-refractivity contribution in [1.29, 1.82) is 0 Å². The molecule has 0 aliphatic heterocycles. The van der Waals surface area contributed by atoms with Crippen LogP contribution in [0.2, 0.25) is 0 Å². The molecule has 1 heterocycles. The lowest BCUT2D eigenvalue weighted by molar-refractivity contribution is 0.235. The molecule has 0 spiro atoms. The number of pyridine rings is 1. The van der Waals surface area contributed by atoms with Crippen LogP contribution in [0.1, 0.15) is 24.9 Å². The van der Waals surface area contributed by atoms with Gasteiger partial charge in [0.15, 0.2) is 0 Å². The van der Waals surface area contributed by atoms with Crippen LogP contribution in [0.25, 0.3) is 0 Å². The summed E-state index contributed by atoms with van der Waals surface area (Å²) in [5.74, 6) is 0. The van der Waals surface area contributed by atoms with Crippen LogP contribution in [0, 0.1) is 0 Å². The number of rotatable bonds is 5. The fraction of sp³-hybridized carbons (Fsp3) is 0.455. The van der Waals surface area contributed by atoms with Crippen molar-refractivity contribution in [2.24, 2.45) is 0 Å². The summed E-state index contributed by atoms with van der Waals surface area (Å²) in [6.07, 6.45) is 3.95. The first-order valence-corrected chi connectivity index (χ1v) is 5.29. The monoisotopic (exact) mass is 223 g/mol. The first kappa shape index (κ1) is 12.4. The Labute approximate surface area is 94.9 Å². The molecule has 1 unspecified atom stereocenters. The molecule has 1 atom stereocenters. The van der Waals surface area contributed by atoms with Gasteiger partial charge in [0, 0.05) is 25.5 Å². The van der Waals surface area contributed by atoms with Crippen LogP contribution in [0.15, 0.2) is 24.5 Å². The average Bonchev–Trinajstić information content (AvgIpc) is 2.30. The number of nitrogens with one attached hydrogen (secondary N) is 2. The molecule has 0 saturated heterocycles. The van der Waals surface area contributed by atoms with E-state index in [1.54, 1.807) is 12.4 Å². The number of carbonyl (C=O) groups excluding carboxylic acids is 1. The molecule has 0 saturated carbocycles. The summed E-state index contributed by atoms with van der Waals surface area (Å²) >= 11 is 0. The van der Waals surface area contributed by atoms with Gasteiger partial charge >= 0.3 is 6.03 Å². The highest BCUT2D eigenvalue weighted by Crippen LogP contribution is 2.09. The summed E-state index contributed by atoms with van der Waals surface area (Å²) in [7, 11) is 0. The predicted octanol–water partition coefficient (Wildman–Crippen LogP) is 0.824. The first-order chi connectivity index (χ1) is 7.74. The Kier molecular flexibility index (Phi) is 5.28. The number of nitrogens with zero attached hydrogens (tertiary/aromatic N) is 1. The lowest BCUT2D eigenvalue weighted by Crippen LogP contribution is -2.37. The number of aliphatic hydroxyl groups excluding tert-OH is 1. The summed E-state index contributed by atoms with van der Waals surface area (Å²) in [4.78, 5) is 15.3. The molecule has 5 nitrogen and oxygen atoms in total. The van der Waals surface area contributed by atoms with Crippen LogP contribution in [0.4, 0.5) is 4.79 Å². The average molecular weight is 223 g/mol. The number of aromatic nitrogens is 1. The van der Waals surface area contributed by atoms with E-state index >= 15 is 0 Å². The van der Waals surface area contributed by atoms with Crippen LogP contribution < -0.4 is 10.6 Å². The van der Waals surface area contributed by atoms with Gasteiger partial charge in [0.1, 0.15) is 0 Å². The number of amides is 2. The van der Waals surface area contributed by atoms with Crippen LogP contribution in [-0.2, 0) is 0 Å². The van der Waals surface area contributed by atoms with E-state index < -0.39 is 0 Å². The Balaban J connectivity index is 2.34. The van der Waals surface area contributed by atoms with E-state index in [-0.39, 0.29) is 18.7 Å². The van der Waals surface area contributed by atoms with Crippen LogP contribution in [0.5, 0.6) is 0 Å². The fourth-order valence-electron chi connectivity index (χ4n) is 1.26. The van der Waals surface area contributed by atoms with Gasteiger partial charge in [-0.1, -0.05) is 0 Å². The normalized spacial score (nSPS) is 11.9. The topological polar surface area (TPSA) is 74.2 Å². The van der Waals surface area contributed by atoms with E-state index in [0.717, 1.165) is 5.56 Å². The summed E-state index contributed by atoms with van der Waals surface area (Å²) in [6, 6.07) is 3.44. The zero-order valence-electron chi connectivity index (χ0n) is 9.31. The molecule has 1 aromatic heterocycles. The molecule has 16 heavy (non-hydrogen) atoms. The SMILES string of the molecule is CC(NC(=O)NCCCO)c1ccncc1. The largest absolute Gasteiger partial charge is 0.396 e. The van der Waals surface area contributed by atoms with E-state index in [1.807, 2.05) is 19.1 Å². The molecule has 0 aliphatic rings. The molecule has 0 aromatic carbocycles. The Morgan fingerprint density at radius 1 is 1.50 bits per heavy atom. The third-order valence-corrected chi connectivity index (χ3v) is 2.17. The smallest absolute Gasteiger partial charge is 0.315 e. The Hall–Kier alpha value is -1.62. The van der Waals surface area contributed by atoms with Gasteiger partial charge in [-0.15, -0.1) is 0 Å². The van der Waals surface area contributed by atoms with Gasteiger partial charge in [-0.05, 0) is 31.0 Å². The Morgan fingerprint density at radius 2 is 2.19 bits per heavy atom. The molecule has 1 rings (SSSR count). The third-order valence-electron chi connectivity index (χ3n) is 2.17. The van der Waals surface area contributed by atoms with Crippen molar-refractivity contribution in [2.75, 3.05) is 13.2 Å². The molecule has 2 amide bonds. The van der Waals surface area contributed by atoms with E-state index in [2.05, 4.69) is 15.6 Å². The Morgan fingerprint density at radius 3 is 2.81 bits per heavy atom. The predicted molar refractivity (Wildman–Crippen MR) is 60.9 cm³/mol. The maximum absolute atomic E-state index is 11.4. The molecule has 1 aromatic rings. The van der Waals surface area contributed by atoms with E-state index in [1.165, 1.54) is 0 Å². The molecule has 0 aliphatic carbocycles. The minimum Gasteiger partial charge on any atom is -0.396 e. The highest BCUT2D eigenvalue weighted by atomic mass is 16.3. The minimum atomic E-state index is -0.224. The molecule has 3 N–H and O–H groups in total. The molecule has 0 fully saturated rings. The van der Waals surface area contributed by atoms with Gasteiger partial charge < -0.3 is 15.7 Å². The van der Waals surface area contributed by atoms with Crippen molar-refractivity contribution in [1.82, 2.24) is 15.6 Å². The van der Waals surface area contributed by atoms with Crippen molar-refractivity contribution in [3.63, 3.8) is 0 Å². The number of urea groups is 1. The number of aliphatic hydroxyl groups is 1. The fourth-order valence-corrected chi connectivity index (χ4v) is 1.26. The van der Waals surface area contributed by atoms with Crippen molar-refractivity contribution in [3.8, 4) is 0 Å². The van der Waals surface area contributed by atoms with Gasteiger partial charge in [0.05, 0.1) is 6.04 Å². The maximum atomic E-state index is 11.4. The first-order valence-electron chi connectivity index (χ1n) is 5.29. The third kappa shape index (κ3) is 4.27. The summed E-state index contributed by atoms with van der Waals surface area (Å²) in [5, 5.41) is 14.0. The zero-order valence-corrected chi connectivity index (χ0v) is 9.31. The second-order valence-electron chi connectivity index (χ2n) is 3.48. The molecular weight excluding hydrogens is 206 g/mol. The molecule has 0 bridgehead atoms. The van der Waals surface area contributed by atoms with E-state index in [9.17, 15) is 4.79 Å². The van der Waals surface area contributed by atoms with Gasteiger partial charge in [-0.3, -0.25) is 4.98 Å². The van der Waals surface area contributed by atoms with Crippen molar-refractivity contribution in [2.45, 2.75) is 19.4 Å². The highest BCUT2D eigenvalue weighted by Gasteiger charge is 2.07. The zero-order chi connectivity index (χ0) is 11.8. The van der Waals surface area contributed by atoms with Gasteiger partial charge in [-0.2, -0.15) is 0 Å². The molecule has 5 heteroatoms. The number of hydrogen-bond donors (Lipinski definition) is 3.